The predicted molar refractivity (Wildman–Crippen MR) is 126 cm³/mol. The maximum atomic E-state index is 13.3. The smallest absolute Gasteiger partial charge is 0.295 e. The summed E-state index contributed by atoms with van der Waals surface area (Å²) in [5, 5.41) is 11.3. The number of hydrogen-bond donors (Lipinski definition) is 1. The van der Waals surface area contributed by atoms with E-state index in [0.717, 1.165) is 31.2 Å². The first kappa shape index (κ1) is 22.3. The highest BCUT2D eigenvalue weighted by atomic mass is 16.6. The third-order valence-electron chi connectivity index (χ3n) is 6.58. The number of fused-ring (bicyclic) bond motifs is 1. The van der Waals surface area contributed by atoms with Gasteiger partial charge in [-0.1, -0.05) is 25.0 Å². The minimum absolute atomic E-state index is 0.0291. The highest BCUT2D eigenvalue weighted by Gasteiger charge is 2.49. The van der Waals surface area contributed by atoms with Crippen molar-refractivity contribution in [3.05, 3.63) is 59.2 Å². The van der Waals surface area contributed by atoms with E-state index in [-0.39, 0.29) is 23.5 Å². The largest absolute Gasteiger partial charge is 0.507 e. The highest BCUT2D eigenvalue weighted by molar-refractivity contribution is 6.46. The van der Waals surface area contributed by atoms with Crippen LogP contribution in [0.25, 0.3) is 5.76 Å². The van der Waals surface area contributed by atoms with Crippen LogP contribution in [0.15, 0.2) is 48.0 Å². The molecule has 1 saturated carbocycles. The van der Waals surface area contributed by atoms with Crippen molar-refractivity contribution in [3.8, 4) is 17.2 Å². The molecule has 7 nitrogen and oxygen atoms in total. The maximum Gasteiger partial charge on any atom is 0.295 e. The summed E-state index contributed by atoms with van der Waals surface area (Å²) in [7, 11) is 0. The number of likely N-dealkylation sites (tertiary alicyclic amines) is 1. The van der Waals surface area contributed by atoms with E-state index in [9.17, 15) is 14.7 Å². The van der Waals surface area contributed by atoms with Crippen LogP contribution in [0, 0.1) is 0 Å². The fraction of sp³-hybridized carbons (Fsp3) is 0.407. The second-order valence-electron chi connectivity index (χ2n) is 9.24. The van der Waals surface area contributed by atoms with Gasteiger partial charge in [-0.25, -0.2) is 0 Å². The van der Waals surface area contributed by atoms with Crippen LogP contribution in [-0.4, -0.2) is 47.1 Å². The SMILES string of the molecule is CC(C)Oc1ccc(C2/C(=C(/O)c3ccc4c(c3)OCCO4)C(=O)C(=O)N2C2CCCC2)cc1. The number of carbonyl (C=O) groups is 2. The van der Waals surface area contributed by atoms with Gasteiger partial charge in [-0.05, 0) is 62.6 Å². The van der Waals surface area contributed by atoms with Crippen molar-refractivity contribution >= 4 is 17.4 Å². The Labute approximate surface area is 198 Å². The number of aliphatic hydroxyl groups excluding tert-OH is 1. The lowest BCUT2D eigenvalue weighted by atomic mass is 9.94. The summed E-state index contributed by atoms with van der Waals surface area (Å²) in [6.07, 6.45) is 3.77. The molecule has 34 heavy (non-hydrogen) atoms. The number of ketones is 1. The van der Waals surface area contributed by atoms with E-state index in [1.807, 2.05) is 38.1 Å². The topological polar surface area (TPSA) is 85.3 Å². The van der Waals surface area contributed by atoms with Gasteiger partial charge in [0.15, 0.2) is 11.5 Å². The normalized spacial score (nSPS) is 22.0. The summed E-state index contributed by atoms with van der Waals surface area (Å²) >= 11 is 0. The summed E-state index contributed by atoms with van der Waals surface area (Å²) in [5.41, 5.74) is 1.28. The predicted octanol–water partition coefficient (Wildman–Crippen LogP) is 4.61. The summed E-state index contributed by atoms with van der Waals surface area (Å²) in [5.74, 6) is 0.385. The molecule has 2 aromatic rings. The first-order chi connectivity index (χ1) is 16.4. The lowest BCUT2D eigenvalue weighted by molar-refractivity contribution is -0.141. The second kappa shape index (κ2) is 9.05. The molecule has 7 heteroatoms. The first-order valence-electron chi connectivity index (χ1n) is 11.9. The molecular formula is C27H29NO6. The number of amides is 1. The molecule has 1 aliphatic carbocycles. The number of benzene rings is 2. The lowest BCUT2D eigenvalue weighted by Gasteiger charge is -2.31. The molecule has 2 aliphatic heterocycles. The Balaban J connectivity index is 1.60. The summed E-state index contributed by atoms with van der Waals surface area (Å²) in [6, 6.07) is 11.8. The molecule has 2 heterocycles. The summed E-state index contributed by atoms with van der Waals surface area (Å²) < 4.78 is 17.0. The maximum absolute atomic E-state index is 13.3. The average molecular weight is 464 g/mol. The second-order valence-corrected chi connectivity index (χ2v) is 9.24. The zero-order chi connectivity index (χ0) is 23.8. The number of aliphatic hydroxyl groups is 1. The standard InChI is InChI=1S/C27H29NO6/c1-16(2)34-20-10-7-17(8-11-20)24-23(26(30)27(31)28(24)19-5-3-4-6-19)25(29)18-9-12-21-22(15-18)33-14-13-32-21/h7-12,15-16,19,24,29H,3-6,13-14H2,1-2H3/b25-23-. The van der Waals surface area contributed by atoms with Crippen LogP contribution >= 0.6 is 0 Å². The van der Waals surface area contributed by atoms with Crippen molar-refractivity contribution in [1.29, 1.82) is 0 Å². The minimum atomic E-state index is -0.663. The van der Waals surface area contributed by atoms with Gasteiger partial charge < -0.3 is 24.2 Å². The number of Topliss-reactive ketones (excluding diaryl/α,β-unsaturated/α-hetero) is 1. The molecule has 2 fully saturated rings. The Morgan fingerprint density at radius 1 is 1.00 bits per heavy atom. The van der Waals surface area contributed by atoms with Gasteiger partial charge in [-0.2, -0.15) is 0 Å². The third kappa shape index (κ3) is 4.00. The van der Waals surface area contributed by atoms with Crippen LogP contribution in [0.4, 0.5) is 0 Å². The Hall–Kier alpha value is -3.48. The number of carbonyl (C=O) groups excluding carboxylic acids is 2. The molecule has 5 rings (SSSR count). The van der Waals surface area contributed by atoms with Crippen molar-refractivity contribution in [3.63, 3.8) is 0 Å². The molecule has 1 N–H and O–H groups in total. The van der Waals surface area contributed by atoms with E-state index in [1.165, 1.54) is 0 Å². The Morgan fingerprint density at radius 2 is 1.68 bits per heavy atom. The van der Waals surface area contributed by atoms with Crippen molar-refractivity contribution in [2.75, 3.05) is 13.2 Å². The molecule has 1 saturated heterocycles. The molecular weight excluding hydrogens is 434 g/mol. The van der Waals surface area contributed by atoms with Crippen molar-refractivity contribution < 1.29 is 28.9 Å². The molecule has 0 aromatic heterocycles. The number of rotatable bonds is 5. The Bertz CT molecular complexity index is 1130. The molecule has 178 valence electrons. The number of nitrogens with zero attached hydrogens (tertiary/aromatic N) is 1. The van der Waals surface area contributed by atoms with Gasteiger partial charge in [0, 0.05) is 11.6 Å². The zero-order valence-corrected chi connectivity index (χ0v) is 19.5. The molecule has 1 amide bonds. The molecule has 3 aliphatic rings. The molecule has 2 aromatic carbocycles. The van der Waals surface area contributed by atoms with Gasteiger partial charge in [0.05, 0.1) is 17.7 Å². The Kier molecular flexibility index (Phi) is 5.94. The minimum Gasteiger partial charge on any atom is -0.507 e. The van der Waals surface area contributed by atoms with Crippen LogP contribution in [-0.2, 0) is 9.59 Å². The van der Waals surface area contributed by atoms with E-state index in [1.54, 1.807) is 23.1 Å². The van der Waals surface area contributed by atoms with E-state index in [4.69, 9.17) is 14.2 Å². The monoisotopic (exact) mass is 463 g/mol. The Morgan fingerprint density at radius 3 is 2.35 bits per heavy atom. The fourth-order valence-corrected chi connectivity index (χ4v) is 5.08. The summed E-state index contributed by atoms with van der Waals surface area (Å²) in [4.78, 5) is 28.2. The zero-order valence-electron chi connectivity index (χ0n) is 19.5. The van der Waals surface area contributed by atoms with E-state index < -0.39 is 17.7 Å². The van der Waals surface area contributed by atoms with Gasteiger partial charge >= 0.3 is 0 Å². The molecule has 1 unspecified atom stereocenters. The molecule has 0 bridgehead atoms. The van der Waals surface area contributed by atoms with Gasteiger partial charge in [-0.15, -0.1) is 0 Å². The number of ether oxygens (including phenoxy) is 3. The van der Waals surface area contributed by atoms with E-state index in [2.05, 4.69) is 0 Å². The van der Waals surface area contributed by atoms with Gasteiger partial charge in [0.1, 0.15) is 24.7 Å². The van der Waals surface area contributed by atoms with Crippen molar-refractivity contribution in [2.45, 2.75) is 57.7 Å². The highest BCUT2D eigenvalue weighted by Crippen LogP contribution is 2.44. The molecule has 1 atom stereocenters. The van der Waals surface area contributed by atoms with Gasteiger partial charge in [-0.3, -0.25) is 9.59 Å². The summed E-state index contributed by atoms with van der Waals surface area (Å²) in [6.45, 7) is 4.78. The lowest BCUT2D eigenvalue weighted by Crippen LogP contribution is -2.37. The van der Waals surface area contributed by atoms with Crippen LogP contribution in [0.3, 0.4) is 0 Å². The van der Waals surface area contributed by atoms with Crippen molar-refractivity contribution in [2.24, 2.45) is 0 Å². The number of hydrogen-bond acceptors (Lipinski definition) is 6. The first-order valence-corrected chi connectivity index (χ1v) is 11.9. The molecule has 0 spiro atoms. The van der Waals surface area contributed by atoms with Crippen molar-refractivity contribution in [1.82, 2.24) is 4.90 Å². The average Bonchev–Trinajstić information content (AvgIpc) is 3.45. The van der Waals surface area contributed by atoms with E-state index >= 15 is 0 Å². The quantitative estimate of drug-likeness (QED) is 0.396. The molecule has 0 radical (unpaired) electrons. The third-order valence-corrected chi connectivity index (χ3v) is 6.58. The van der Waals surface area contributed by atoms with Crippen LogP contribution in [0.1, 0.15) is 56.7 Å². The van der Waals surface area contributed by atoms with Crippen LogP contribution < -0.4 is 14.2 Å². The van der Waals surface area contributed by atoms with Crippen LogP contribution in [0.5, 0.6) is 17.2 Å². The van der Waals surface area contributed by atoms with Crippen LogP contribution in [0.2, 0.25) is 0 Å². The fourth-order valence-electron chi connectivity index (χ4n) is 5.08. The van der Waals surface area contributed by atoms with Gasteiger partial charge in [0.2, 0.25) is 0 Å². The van der Waals surface area contributed by atoms with E-state index in [0.29, 0.717) is 36.0 Å². The van der Waals surface area contributed by atoms with Gasteiger partial charge in [0.25, 0.3) is 11.7 Å².